The number of likely N-dealkylation sites (tertiary alicyclic amines) is 1. The van der Waals surface area contributed by atoms with E-state index in [9.17, 15) is 19.1 Å². The van der Waals surface area contributed by atoms with E-state index in [1.807, 2.05) is 25.9 Å². The first-order chi connectivity index (χ1) is 15.2. The number of Topliss-reactive ketones (excluding diaryl/α,β-unsaturated/α-hetero) is 1. The third kappa shape index (κ3) is 4.73. The zero-order valence-corrected chi connectivity index (χ0v) is 18.5. The van der Waals surface area contributed by atoms with E-state index in [1.165, 1.54) is 29.2 Å². The third-order valence-corrected chi connectivity index (χ3v) is 5.32. The molecule has 0 saturated carbocycles. The lowest BCUT2D eigenvalue weighted by Crippen LogP contribution is -2.35. The minimum absolute atomic E-state index is 0.0143. The van der Waals surface area contributed by atoms with Gasteiger partial charge < -0.3 is 19.6 Å². The van der Waals surface area contributed by atoms with Crippen LogP contribution in [0.2, 0.25) is 0 Å². The molecular weight excluding hydrogens is 411 g/mol. The van der Waals surface area contributed by atoms with Crippen LogP contribution in [-0.2, 0) is 9.59 Å². The van der Waals surface area contributed by atoms with Gasteiger partial charge in [0.05, 0.1) is 11.6 Å². The minimum Gasteiger partial charge on any atom is -0.507 e. The molecule has 32 heavy (non-hydrogen) atoms. The Morgan fingerprint density at radius 1 is 1.22 bits per heavy atom. The Morgan fingerprint density at radius 2 is 1.91 bits per heavy atom. The summed E-state index contributed by atoms with van der Waals surface area (Å²) in [5, 5.41) is 11.1. The van der Waals surface area contributed by atoms with E-state index in [2.05, 4.69) is 6.58 Å². The van der Waals surface area contributed by atoms with Gasteiger partial charge in [-0.15, -0.1) is 0 Å². The molecule has 1 atom stereocenters. The summed E-state index contributed by atoms with van der Waals surface area (Å²) < 4.78 is 19.1. The van der Waals surface area contributed by atoms with E-state index in [0.29, 0.717) is 30.0 Å². The molecule has 1 saturated heterocycles. The molecule has 1 N–H and O–H groups in total. The third-order valence-electron chi connectivity index (χ3n) is 5.32. The van der Waals surface area contributed by atoms with E-state index in [0.717, 1.165) is 5.56 Å². The molecule has 1 aliphatic rings. The van der Waals surface area contributed by atoms with E-state index >= 15 is 0 Å². The molecule has 168 valence electrons. The quantitative estimate of drug-likeness (QED) is 0.295. The van der Waals surface area contributed by atoms with Crippen molar-refractivity contribution >= 4 is 17.4 Å². The predicted molar refractivity (Wildman–Crippen MR) is 121 cm³/mol. The smallest absolute Gasteiger partial charge is 0.295 e. The molecule has 0 aliphatic carbocycles. The van der Waals surface area contributed by atoms with Gasteiger partial charge in [0.1, 0.15) is 23.9 Å². The Hall–Kier alpha value is -3.45. The van der Waals surface area contributed by atoms with Crippen molar-refractivity contribution in [2.75, 3.05) is 33.8 Å². The largest absolute Gasteiger partial charge is 0.507 e. The van der Waals surface area contributed by atoms with Crippen LogP contribution in [0.4, 0.5) is 4.39 Å². The summed E-state index contributed by atoms with van der Waals surface area (Å²) in [5.41, 5.74) is 1.69. The SMILES string of the molecule is C=CCOc1ccc(/C(O)=C2/C(=O)C(=O)N(CCN(C)C)C2c2ccc(F)cc2)cc1C. The summed E-state index contributed by atoms with van der Waals surface area (Å²) in [5.74, 6) is -1.53. The molecule has 1 aliphatic heterocycles. The van der Waals surface area contributed by atoms with Crippen molar-refractivity contribution in [1.29, 1.82) is 0 Å². The molecule has 1 unspecified atom stereocenters. The highest BCUT2D eigenvalue weighted by atomic mass is 19.1. The van der Waals surface area contributed by atoms with E-state index in [-0.39, 0.29) is 17.9 Å². The van der Waals surface area contributed by atoms with E-state index in [4.69, 9.17) is 4.74 Å². The molecule has 2 aromatic rings. The first-order valence-corrected chi connectivity index (χ1v) is 10.3. The van der Waals surface area contributed by atoms with Crippen LogP contribution in [0.3, 0.4) is 0 Å². The number of carbonyl (C=O) groups is 2. The monoisotopic (exact) mass is 438 g/mol. The molecule has 1 fully saturated rings. The Labute approximate surface area is 187 Å². The second kappa shape index (κ2) is 9.78. The average molecular weight is 438 g/mol. The Kier molecular flexibility index (Phi) is 7.10. The van der Waals surface area contributed by atoms with Gasteiger partial charge in [-0.25, -0.2) is 4.39 Å². The van der Waals surface area contributed by atoms with Crippen LogP contribution >= 0.6 is 0 Å². The van der Waals surface area contributed by atoms with Gasteiger partial charge in [0.15, 0.2) is 0 Å². The molecule has 6 nitrogen and oxygen atoms in total. The van der Waals surface area contributed by atoms with Crippen molar-refractivity contribution in [3.63, 3.8) is 0 Å². The lowest BCUT2D eigenvalue weighted by Gasteiger charge is -2.26. The second-order valence-electron chi connectivity index (χ2n) is 7.93. The number of benzene rings is 2. The number of hydrogen-bond acceptors (Lipinski definition) is 5. The number of carbonyl (C=O) groups excluding carboxylic acids is 2. The Bertz CT molecular complexity index is 1060. The topological polar surface area (TPSA) is 70.1 Å². The van der Waals surface area contributed by atoms with Crippen LogP contribution in [0.5, 0.6) is 5.75 Å². The molecule has 1 heterocycles. The number of aryl methyl sites for hydroxylation is 1. The van der Waals surface area contributed by atoms with E-state index in [1.54, 1.807) is 24.3 Å². The van der Waals surface area contributed by atoms with Crippen molar-refractivity contribution in [3.05, 3.63) is 83.2 Å². The van der Waals surface area contributed by atoms with Crippen molar-refractivity contribution in [3.8, 4) is 5.75 Å². The van der Waals surface area contributed by atoms with Crippen LogP contribution in [0.15, 0.2) is 60.7 Å². The van der Waals surface area contributed by atoms with Crippen molar-refractivity contribution in [1.82, 2.24) is 9.80 Å². The van der Waals surface area contributed by atoms with Crippen LogP contribution in [-0.4, -0.2) is 60.4 Å². The molecule has 0 aromatic heterocycles. The van der Waals surface area contributed by atoms with Crippen LogP contribution in [0.25, 0.3) is 5.76 Å². The van der Waals surface area contributed by atoms with Crippen molar-refractivity contribution < 1.29 is 23.8 Å². The zero-order chi connectivity index (χ0) is 23.4. The fourth-order valence-corrected chi connectivity index (χ4v) is 3.67. The molecule has 1 amide bonds. The maximum atomic E-state index is 13.5. The summed E-state index contributed by atoms with van der Waals surface area (Å²) >= 11 is 0. The number of likely N-dealkylation sites (N-methyl/N-ethyl adjacent to an activating group) is 1. The maximum absolute atomic E-state index is 13.5. The van der Waals surface area contributed by atoms with Crippen molar-refractivity contribution in [2.45, 2.75) is 13.0 Å². The average Bonchev–Trinajstić information content (AvgIpc) is 3.01. The number of nitrogens with zero attached hydrogens (tertiary/aromatic N) is 2. The Morgan fingerprint density at radius 3 is 2.50 bits per heavy atom. The normalized spacial score (nSPS) is 17.8. The number of halogens is 1. The van der Waals surface area contributed by atoms with Gasteiger partial charge in [-0.3, -0.25) is 9.59 Å². The van der Waals surface area contributed by atoms with E-state index < -0.39 is 23.5 Å². The highest BCUT2D eigenvalue weighted by molar-refractivity contribution is 6.46. The summed E-state index contributed by atoms with van der Waals surface area (Å²) in [7, 11) is 3.73. The van der Waals surface area contributed by atoms with Crippen LogP contribution in [0, 0.1) is 12.7 Å². The standard InChI is InChI=1S/C25H27FN2O4/c1-5-14-32-20-11-8-18(15-16(20)2)23(29)21-22(17-6-9-19(26)10-7-17)28(13-12-27(3)4)25(31)24(21)30/h5-11,15,22,29H,1,12-14H2,2-4H3/b23-21-. The fraction of sp³-hybridized carbons (Fsp3) is 0.280. The van der Waals surface area contributed by atoms with Gasteiger partial charge >= 0.3 is 0 Å². The molecule has 7 heteroatoms. The highest BCUT2D eigenvalue weighted by Crippen LogP contribution is 2.39. The maximum Gasteiger partial charge on any atom is 0.295 e. The van der Waals surface area contributed by atoms with Gasteiger partial charge in [0, 0.05) is 18.7 Å². The molecular formula is C25H27FN2O4. The zero-order valence-electron chi connectivity index (χ0n) is 18.5. The Balaban J connectivity index is 2.09. The van der Waals surface area contributed by atoms with Gasteiger partial charge in [0.2, 0.25) is 0 Å². The second-order valence-corrected chi connectivity index (χ2v) is 7.93. The van der Waals surface area contributed by atoms with Gasteiger partial charge in [-0.05, 0) is 62.5 Å². The summed E-state index contributed by atoms with van der Waals surface area (Å²) in [6.07, 6.45) is 1.63. The molecule has 0 bridgehead atoms. The lowest BCUT2D eigenvalue weighted by atomic mass is 9.94. The van der Waals surface area contributed by atoms with Crippen LogP contribution in [0.1, 0.15) is 22.7 Å². The summed E-state index contributed by atoms with van der Waals surface area (Å²) in [6, 6.07) is 9.82. The number of aliphatic hydroxyl groups is 1. The van der Waals surface area contributed by atoms with Crippen molar-refractivity contribution in [2.24, 2.45) is 0 Å². The van der Waals surface area contributed by atoms with Gasteiger partial charge in [-0.1, -0.05) is 24.8 Å². The van der Waals surface area contributed by atoms with Gasteiger partial charge in [0.25, 0.3) is 11.7 Å². The molecule has 0 radical (unpaired) electrons. The summed E-state index contributed by atoms with van der Waals surface area (Å²) in [6.45, 7) is 6.59. The number of hydrogen-bond donors (Lipinski definition) is 1. The number of amides is 1. The molecule has 0 spiro atoms. The number of ether oxygens (including phenoxy) is 1. The fourth-order valence-electron chi connectivity index (χ4n) is 3.67. The molecule has 3 rings (SSSR count). The minimum atomic E-state index is -0.812. The predicted octanol–water partition coefficient (Wildman–Crippen LogP) is 3.68. The summed E-state index contributed by atoms with van der Waals surface area (Å²) in [4.78, 5) is 29.2. The number of ketones is 1. The van der Waals surface area contributed by atoms with Crippen LogP contribution < -0.4 is 4.74 Å². The number of aliphatic hydroxyl groups excluding tert-OH is 1. The van der Waals surface area contributed by atoms with Gasteiger partial charge in [-0.2, -0.15) is 0 Å². The lowest BCUT2D eigenvalue weighted by molar-refractivity contribution is -0.140. The molecule has 2 aromatic carbocycles. The first kappa shape index (κ1) is 23.2. The highest BCUT2D eigenvalue weighted by Gasteiger charge is 2.45. The number of rotatable bonds is 8. The first-order valence-electron chi connectivity index (χ1n) is 10.3.